The fourth-order valence-corrected chi connectivity index (χ4v) is 3.12. The van der Waals surface area contributed by atoms with Gasteiger partial charge < -0.3 is 0 Å². The van der Waals surface area contributed by atoms with E-state index in [0.717, 1.165) is 11.1 Å². The lowest BCUT2D eigenvalue weighted by atomic mass is 10.1. The first-order valence-electron chi connectivity index (χ1n) is 8.44. The van der Waals surface area contributed by atoms with Gasteiger partial charge >= 0.3 is 0 Å². The Bertz CT molecular complexity index is 1160. The van der Waals surface area contributed by atoms with Crippen LogP contribution in [0, 0.1) is 12.7 Å². The van der Waals surface area contributed by atoms with Crippen LogP contribution in [0.25, 0.3) is 22.3 Å². The van der Waals surface area contributed by atoms with Crippen molar-refractivity contribution < 1.29 is 4.39 Å². The van der Waals surface area contributed by atoms with Crippen LogP contribution in [0.1, 0.15) is 11.1 Å². The summed E-state index contributed by atoms with van der Waals surface area (Å²) in [5, 5.41) is 0.529. The van der Waals surface area contributed by atoms with Crippen molar-refractivity contribution >= 4 is 10.9 Å². The summed E-state index contributed by atoms with van der Waals surface area (Å²) < 4.78 is 16.0. The molecule has 128 valence electrons. The molecule has 0 N–H and O–H groups in total. The molecule has 0 aliphatic heterocycles. The molecule has 0 radical (unpaired) electrons. The molecule has 1 aromatic heterocycles. The third kappa shape index (κ3) is 2.80. The number of aryl methyl sites for hydroxylation is 1. The number of halogens is 1. The minimum atomic E-state index is -0.395. The van der Waals surface area contributed by atoms with Gasteiger partial charge in [0.2, 0.25) is 0 Å². The quantitative estimate of drug-likeness (QED) is 0.546. The normalized spacial score (nSPS) is 11.0. The van der Waals surface area contributed by atoms with Crippen LogP contribution in [0.5, 0.6) is 0 Å². The highest BCUT2D eigenvalue weighted by Gasteiger charge is 2.16. The molecule has 4 aromatic rings. The Labute approximate surface area is 150 Å². The van der Waals surface area contributed by atoms with Crippen LogP contribution < -0.4 is 5.56 Å². The predicted octanol–water partition coefficient (Wildman–Crippen LogP) is 4.56. The fourth-order valence-electron chi connectivity index (χ4n) is 3.12. The highest BCUT2D eigenvalue weighted by molar-refractivity contribution is 5.79. The molecule has 0 bridgehead atoms. The van der Waals surface area contributed by atoms with Gasteiger partial charge in [0.05, 0.1) is 23.0 Å². The minimum absolute atomic E-state index is 0.169. The van der Waals surface area contributed by atoms with E-state index in [2.05, 4.69) is 4.98 Å². The van der Waals surface area contributed by atoms with Crippen molar-refractivity contribution in [2.75, 3.05) is 0 Å². The number of aromatic nitrogens is 2. The molecule has 0 atom stereocenters. The number of fused-ring (bicyclic) bond motifs is 1. The maximum Gasteiger partial charge on any atom is 0.261 e. The largest absolute Gasteiger partial charge is 0.288 e. The Morgan fingerprint density at radius 3 is 2.42 bits per heavy atom. The Morgan fingerprint density at radius 2 is 1.62 bits per heavy atom. The summed E-state index contributed by atoms with van der Waals surface area (Å²) in [7, 11) is 0. The lowest BCUT2D eigenvalue weighted by Crippen LogP contribution is -2.24. The van der Waals surface area contributed by atoms with Gasteiger partial charge in [-0.25, -0.2) is 9.37 Å². The monoisotopic (exact) mass is 344 g/mol. The first kappa shape index (κ1) is 16.2. The molecule has 0 saturated carbocycles. The molecule has 0 unspecified atom stereocenters. The van der Waals surface area contributed by atoms with E-state index in [0.29, 0.717) is 28.8 Å². The summed E-state index contributed by atoms with van der Waals surface area (Å²) in [4.78, 5) is 17.8. The first-order chi connectivity index (χ1) is 12.6. The summed E-state index contributed by atoms with van der Waals surface area (Å²) in [6.07, 6.45) is 0. The van der Waals surface area contributed by atoms with E-state index in [9.17, 15) is 9.18 Å². The van der Waals surface area contributed by atoms with E-state index < -0.39 is 5.82 Å². The van der Waals surface area contributed by atoms with Crippen LogP contribution in [0.3, 0.4) is 0 Å². The van der Waals surface area contributed by atoms with Gasteiger partial charge in [-0.2, -0.15) is 0 Å². The van der Waals surface area contributed by atoms with Crippen molar-refractivity contribution in [1.29, 1.82) is 0 Å². The smallest absolute Gasteiger partial charge is 0.261 e. The number of hydrogen-bond donors (Lipinski definition) is 0. The van der Waals surface area contributed by atoms with Crippen molar-refractivity contribution in [2.45, 2.75) is 13.5 Å². The second kappa shape index (κ2) is 6.56. The third-order valence-corrected chi connectivity index (χ3v) is 4.57. The van der Waals surface area contributed by atoms with Gasteiger partial charge in [0, 0.05) is 0 Å². The van der Waals surface area contributed by atoms with Gasteiger partial charge in [0.1, 0.15) is 11.6 Å². The Hall–Kier alpha value is -3.27. The topological polar surface area (TPSA) is 34.9 Å². The predicted molar refractivity (Wildman–Crippen MR) is 102 cm³/mol. The standard InChI is InChI=1S/C22H17FN2O/c1-15-8-2-3-9-16(15)14-25-21(17-10-4-6-12-19(17)23)24-20-13-7-5-11-18(20)22(25)26/h2-13H,14H2,1H3. The summed E-state index contributed by atoms with van der Waals surface area (Å²) in [5.41, 5.74) is 2.80. The summed E-state index contributed by atoms with van der Waals surface area (Å²) in [6.45, 7) is 2.34. The van der Waals surface area contributed by atoms with E-state index in [1.54, 1.807) is 34.9 Å². The van der Waals surface area contributed by atoms with Crippen LogP contribution in [-0.2, 0) is 6.54 Å². The maximum atomic E-state index is 14.4. The van der Waals surface area contributed by atoms with E-state index in [-0.39, 0.29) is 5.56 Å². The Balaban J connectivity index is 2.02. The average Bonchev–Trinajstić information content (AvgIpc) is 2.66. The average molecular weight is 344 g/mol. The van der Waals surface area contributed by atoms with Crippen molar-refractivity contribution in [3.63, 3.8) is 0 Å². The summed E-state index contributed by atoms with van der Waals surface area (Å²) >= 11 is 0. The van der Waals surface area contributed by atoms with Gasteiger partial charge in [-0.15, -0.1) is 0 Å². The van der Waals surface area contributed by atoms with Crippen molar-refractivity contribution in [2.24, 2.45) is 0 Å². The molecule has 26 heavy (non-hydrogen) atoms. The third-order valence-electron chi connectivity index (χ3n) is 4.57. The van der Waals surface area contributed by atoms with Crippen molar-refractivity contribution in [1.82, 2.24) is 9.55 Å². The lowest BCUT2D eigenvalue weighted by molar-refractivity contribution is 0.626. The van der Waals surface area contributed by atoms with Crippen LogP contribution in [0.4, 0.5) is 4.39 Å². The number of rotatable bonds is 3. The highest BCUT2D eigenvalue weighted by Crippen LogP contribution is 2.23. The number of benzene rings is 3. The number of para-hydroxylation sites is 1. The van der Waals surface area contributed by atoms with Gasteiger partial charge in [0.25, 0.3) is 5.56 Å². The molecular weight excluding hydrogens is 327 g/mol. The molecule has 0 amide bonds. The number of nitrogens with zero attached hydrogens (tertiary/aromatic N) is 2. The van der Waals surface area contributed by atoms with Crippen LogP contribution >= 0.6 is 0 Å². The van der Waals surface area contributed by atoms with E-state index in [1.807, 2.05) is 43.3 Å². The highest BCUT2D eigenvalue weighted by atomic mass is 19.1. The van der Waals surface area contributed by atoms with Gasteiger partial charge in [-0.05, 0) is 42.3 Å². The molecule has 3 nitrogen and oxygen atoms in total. The van der Waals surface area contributed by atoms with E-state index >= 15 is 0 Å². The Morgan fingerprint density at radius 1 is 0.923 bits per heavy atom. The fraction of sp³-hybridized carbons (Fsp3) is 0.0909. The summed E-state index contributed by atoms with van der Waals surface area (Å²) in [6, 6.07) is 21.4. The molecule has 1 heterocycles. The van der Waals surface area contributed by atoms with Crippen molar-refractivity contribution in [3.8, 4) is 11.4 Å². The molecule has 0 aliphatic carbocycles. The molecule has 3 aromatic carbocycles. The second-order valence-electron chi connectivity index (χ2n) is 6.25. The van der Waals surface area contributed by atoms with Crippen LogP contribution in [-0.4, -0.2) is 9.55 Å². The maximum absolute atomic E-state index is 14.4. The van der Waals surface area contributed by atoms with Crippen LogP contribution in [0.2, 0.25) is 0 Å². The molecule has 0 fully saturated rings. The van der Waals surface area contributed by atoms with Crippen LogP contribution in [0.15, 0.2) is 77.6 Å². The lowest BCUT2D eigenvalue weighted by Gasteiger charge is -2.15. The molecule has 0 saturated heterocycles. The zero-order valence-electron chi connectivity index (χ0n) is 14.3. The van der Waals surface area contributed by atoms with E-state index in [4.69, 9.17) is 0 Å². The molecule has 4 heteroatoms. The second-order valence-corrected chi connectivity index (χ2v) is 6.25. The molecule has 4 rings (SSSR count). The minimum Gasteiger partial charge on any atom is -0.288 e. The molecule has 0 spiro atoms. The van der Waals surface area contributed by atoms with Gasteiger partial charge in [-0.1, -0.05) is 48.5 Å². The van der Waals surface area contributed by atoms with Gasteiger partial charge in [0.15, 0.2) is 0 Å². The Kier molecular flexibility index (Phi) is 4.09. The zero-order chi connectivity index (χ0) is 18.1. The van der Waals surface area contributed by atoms with Gasteiger partial charge in [-0.3, -0.25) is 9.36 Å². The van der Waals surface area contributed by atoms with Crippen molar-refractivity contribution in [3.05, 3.63) is 100 Å². The number of hydrogen-bond acceptors (Lipinski definition) is 2. The SMILES string of the molecule is Cc1ccccc1Cn1c(-c2ccccc2F)nc2ccccc2c1=O. The molecule has 0 aliphatic rings. The van der Waals surface area contributed by atoms with E-state index in [1.165, 1.54) is 6.07 Å². The zero-order valence-corrected chi connectivity index (χ0v) is 14.3. The summed E-state index contributed by atoms with van der Waals surface area (Å²) in [5.74, 6) is -0.0525. The first-order valence-corrected chi connectivity index (χ1v) is 8.44. The molecular formula is C22H17FN2O.